The van der Waals surface area contributed by atoms with E-state index in [-0.39, 0.29) is 34.4 Å². The minimum absolute atomic E-state index is 0.00425. The second-order valence-electron chi connectivity index (χ2n) is 7.24. The molecule has 3 aromatic rings. The molecule has 0 bridgehead atoms. The van der Waals surface area contributed by atoms with Crippen LogP contribution in [0.15, 0.2) is 64.2 Å². The van der Waals surface area contributed by atoms with Crippen molar-refractivity contribution in [2.75, 3.05) is 17.3 Å². The number of benzene rings is 2. The Balaban J connectivity index is 1.45. The van der Waals surface area contributed by atoms with E-state index in [0.29, 0.717) is 29.4 Å². The Labute approximate surface area is 189 Å². The SMILES string of the molecule is O=C(CSc1nnc(-c2cccc(Cl)c2)o1)N(Cc1ccccc1)[C@@H]1CCS(=O)(=O)C1. The molecule has 0 aliphatic carbocycles. The Kier molecular flexibility index (Phi) is 6.64. The van der Waals surface area contributed by atoms with Gasteiger partial charge in [0.15, 0.2) is 9.84 Å². The van der Waals surface area contributed by atoms with Crippen molar-refractivity contribution in [3.05, 3.63) is 65.2 Å². The van der Waals surface area contributed by atoms with Crippen LogP contribution in [0.2, 0.25) is 5.02 Å². The van der Waals surface area contributed by atoms with Crippen LogP contribution in [0.1, 0.15) is 12.0 Å². The topological polar surface area (TPSA) is 93.4 Å². The fourth-order valence-corrected chi connectivity index (χ4v) is 6.01. The van der Waals surface area contributed by atoms with Crippen LogP contribution in [-0.2, 0) is 21.2 Å². The maximum atomic E-state index is 13.0. The molecule has 2 aromatic carbocycles. The Morgan fingerprint density at radius 2 is 1.97 bits per heavy atom. The van der Waals surface area contributed by atoms with E-state index in [4.69, 9.17) is 16.0 Å². The predicted octanol–water partition coefficient (Wildman–Crippen LogP) is 3.70. The summed E-state index contributed by atoms with van der Waals surface area (Å²) in [6.07, 6.45) is 0.449. The Hall–Kier alpha value is -2.36. The van der Waals surface area contributed by atoms with Crippen LogP contribution in [0.5, 0.6) is 0 Å². The van der Waals surface area contributed by atoms with Gasteiger partial charge in [-0.3, -0.25) is 4.79 Å². The fourth-order valence-electron chi connectivity index (χ4n) is 3.43. The lowest BCUT2D eigenvalue weighted by molar-refractivity contribution is -0.130. The molecule has 1 atom stereocenters. The third kappa shape index (κ3) is 5.66. The summed E-state index contributed by atoms with van der Waals surface area (Å²) < 4.78 is 29.6. The number of hydrogen-bond donors (Lipinski definition) is 0. The molecular weight excluding hydrogens is 458 g/mol. The largest absolute Gasteiger partial charge is 0.411 e. The number of amides is 1. The highest BCUT2D eigenvalue weighted by Crippen LogP contribution is 2.26. The van der Waals surface area contributed by atoms with E-state index < -0.39 is 9.84 Å². The number of rotatable bonds is 7. The number of hydrogen-bond acceptors (Lipinski definition) is 7. The Bertz CT molecular complexity index is 1170. The lowest BCUT2D eigenvalue weighted by atomic mass is 10.1. The molecule has 1 aromatic heterocycles. The van der Waals surface area contributed by atoms with Crippen molar-refractivity contribution >= 4 is 39.1 Å². The summed E-state index contributed by atoms with van der Waals surface area (Å²) in [5.74, 6) is 0.325. The van der Waals surface area contributed by atoms with Gasteiger partial charge < -0.3 is 9.32 Å². The van der Waals surface area contributed by atoms with Gasteiger partial charge in [-0.05, 0) is 30.2 Å². The average Bonchev–Trinajstić information content (AvgIpc) is 3.37. The zero-order valence-electron chi connectivity index (χ0n) is 16.5. The maximum Gasteiger partial charge on any atom is 0.277 e. The van der Waals surface area contributed by atoms with Gasteiger partial charge in [0.1, 0.15) is 0 Å². The van der Waals surface area contributed by atoms with E-state index in [0.717, 1.165) is 17.3 Å². The van der Waals surface area contributed by atoms with Gasteiger partial charge in [0.05, 0.1) is 17.3 Å². The highest BCUT2D eigenvalue weighted by molar-refractivity contribution is 7.99. The smallest absolute Gasteiger partial charge is 0.277 e. The first-order chi connectivity index (χ1) is 14.9. The number of nitrogens with zero attached hydrogens (tertiary/aromatic N) is 3. The van der Waals surface area contributed by atoms with E-state index >= 15 is 0 Å². The molecule has 1 aliphatic heterocycles. The summed E-state index contributed by atoms with van der Waals surface area (Å²) >= 11 is 7.13. The molecule has 0 saturated carbocycles. The lowest BCUT2D eigenvalue weighted by Gasteiger charge is -2.28. The van der Waals surface area contributed by atoms with Crippen molar-refractivity contribution in [1.82, 2.24) is 15.1 Å². The molecule has 162 valence electrons. The van der Waals surface area contributed by atoms with Crippen LogP contribution in [-0.4, -0.2) is 52.7 Å². The monoisotopic (exact) mass is 477 g/mol. The molecule has 1 saturated heterocycles. The first-order valence-electron chi connectivity index (χ1n) is 9.66. The van der Waals surface area contributed by atoms with Crippen molar-refractivity contribution in [3.8, 4) is 11.5 Å². The van der Waals surface area contributed by atoms with Gasteiger partial charge in [-0.15, -0.1) is 10.2 Å². The van der Waals surface area contributed by atoms with Gasteiger partial charge in [-0.2, -0.15) is 0 Å². The van der Waals surface area contributed by atoms with E-state index in [9.17, 15) is 13.2 Å². The number of halogens is 1. The highest BCUT2D eigenvalue weighted by atomic mass is 35.5. The van der Waals surface area contributed by atoms with E-state index in [1.165, 1.54) is 0 Å². The summed E-state index contributed by atoms with van der Waals surface area (Å²) in [6, 6.07) is 16.3. The zero-order valence-corrected chi connectivity index (χ0v) is 18.9. The lowest BCUT2D eigenvalue weighted by Crippen LogP contribution is -2.41. The standard InChI is InChI=1S/C21H20ClN3O4S2/c22-17-8-4-7-16(11-17)20-23-24-21(29-20)30-13-19(26)25(12-15-5-2-1-3-6-15)18-9-10-31(27,28)14-18/h1-8,11,18H,9-10,12-14H2/t18-/m1/s1. The molecule has 4 rings (SSSR count). The normalized spacial score (nSPS) is 17.5. The quantitative estimate of drug-likeness (QED) is 0.479. The van der Waals surface area contributed by atoms with Crippen molar-refractivity contribution in [2.45, 2.75) is 24.2 Å². The molecule has 7 nitrogen and oxygen atoms in total. The number of carbonyl (C=O) groups is 1. The third-order valence-corrected chi connectivity index (χ3v) is 7.75. The van der Waals surface area contributed by atoms with Crippen molar-refractivity contribution in [1.29, 1.82) is 0 Å². The van der Waals surface area contributed by atoms with E-state index in [2.05, 4.69) is 10.2 Å². The Morgan fingerprint density at radius 1 is 1.16 bits per heavy atom. The van der Waals surface area contributed by atoms with Crippen LogP contribution >= 0.6 is 23.4 Å². The molecule has 0 radical (unpaired) electrons. The van der Waals surface area contributed by atoms with Crippen LogP contribution in [0.25, 0.3) is 11.5 Å². The summed E-state index contributed by atoms with van der Waals surface area (Å²) in [7, 11) is -3.12. The number of carbonyl (C=O) groups excluding carboxylic acids is 1. The second-order valence-corrected chi connectivity index (χ2v) is 10.8. The maximum absolute atomic E-state index is 13.0. The van der Waals surface area contributed by atoms with Crippen molar-refractivity contribution in [3.63, 3.8) is 0 Å². The summed E-state index contributed by atoms with van der Waals surface area (Å²) in [5.41, 5.74) is 1.64. The van der Waals surface area contributed by atoms with Crippen LogP contribution in [0, 0.1) is 0 Å². The second kappa shape index (κ2) is 9.42. The highest BCUT2D eigenvalue weighted by Gasteiger charge is 2.34. The number of aromatic nitrogens is 2. The fraction of sp³-hybridized carbons (Fsp3) is 0.286. The van der Waals surface area contributed by atoms with Crippen LogP contribution in [0.3, 0.4) is 0 Å². The summed E-state index contributed by atoms with van der Waals surface area (Å²) in [4.78, 5) is 14.7. The predicted molar refractivity (Wildman–Crippen MR) is 120 cm³/mol. The van der Waals surface area contributed by atoms with Gasteiger partial charge in [0.25, 0.3) is 5.22 Å². The van der Waals surface area contributed by atoms with Gasteiger partial charge >= 0.3 is 0 Å². The van der Waals surface area contributed by atoms with E-state index in [1.807, 2.05) is 30.3 Å². The van der Waals surface area contributed by atoms with E-state index in [1.54, 1.807) is 29.2 Å². The molecule has 1 amide bonds. The first-order valence-corrected chi connectivity index (χ1v) is 12.8. The third-order valence-electron chi connectivity index (χ3n) is 4.96. The molecule has 1 aliphatic rings. The minimum Gasteiger partial charge on any atom is -0.411 e. The molecular formula is C21H20ClN3O4S2. The molecule has 1 fully saturated rings. The molecule has 0 unspecified atom stereocenters. The summed E-state index contributed by atoms with van der Waals surface area (Å²) in [6.45, 7) is 0.359. The Morgan fingerprint density at radius 3 is 2.68 bits per heavy atom. The molecule has 2 heterocycles. The molecule has 0 N–H and O–H groups in total. The van der Waals surface area contributed by atoms with Crippen LogP contribution in [0.4, 0.5) is 0 Å². The minimum atomic E-state index is -3.12. The molecule has 10 heteroatoms. The molecule has 31 heavy (non-hydrogen) atoms. The number of thioether (sulfide) groups is 1. The van der Waals surface area contributed by atoms with Gasteiger partial charge in [-0.25, -0.2) is 8.42 Å². The molecule has 0 spiro atoms. The first kappa shape index (κ1) is 21.9. The van der Waals surface area contributed by atoms with Crippen LogP contribution < -0.4 is 0 Å². The van der Waals surface area contributed by atoms with Gasteiger partial charge in [0, 0.05) is 23.2 Å². The number of sulfone groups is 1. The van der Waals surface area contributed by atoms with Gasteiger partial charge in [0.2, 0.25) is 11.8 Å². The van der Waals surface area contributed by atoms with Gasteiger partial charge in [-0.1, -0.05) is 59.8 Å². The summed E-state index contributed by atoms with van der Waals surface area (Å²) in [5, 5.41) is 8.83. The van der Waals surface area contributed by atoms with Crippen molar-refractivity contribution in [2.24, 2.45) is 0 Å². The zero-order chi connectivity index (χ0) is 21.8. The van der Waals surface area contributed by atoms with Crippen molar-refractivity contribution < 1.29 is 17.6 Å². The average molecular weight is 478 g/mol.